The molecule has 1 N–H and O–H groups in total. The van der Waals surface area contributed by atoms with Crippen molar-refractivity contribution in [1.29, 1.82) is 0 Å². The third-order valence-corrected chi connectivity index (χ3v) is 3.18. The molecule has 2 aromatic rings. The van der Waals surface area contributed by atoms with Crippen LogP contribution in [-0.4, -0.2) is 15.7 Å². The number of halogens is 1. The highest BCUT2D eigenvalue weighted by molar-refractivity contribution is 6.29. The standard InChI is InChI=1S/C15H18ClN3/c1-15(2,11-10-12-6-4-3-5-7-12)17-14-9-8-13(16)18-19-14/h3-9H,10-11H2,1-2H3,(H,17,19). The Morgan fingerprint density at radius 1 is 1.05 bits per heavy atom. The first-order valence-corrected chi connectivity index (χ1v) is 6.74. The normalized spacial score (nSPS) is 11.3. The molecule has 0 spiro atoms. The molecule has 0 aliphatic rings. The van der Waals surface area contributed by atoms with E-state index >= 15 is 0 Å². The highest BCUT2D eigenvalue weighted by Gasteiger charge is 2.17. The average Bonchev–Trinajstić information content (AvgIpc) is 2.40. The monoisotopic (exact) mass is 275 g/mol. The zero-order valence-electron chi connectivity index (χ0n) is 11.2. The van der Waals surface area contributed by atoms with Crippen LogP contribution in [0.3, 0.4) is 0 Å². The van der Waals surface area contributed by atoms with Crippen molar-refractivity contribution in [2.24, 2.45) is 0 Å². The fourth-order valence-electron chi connectivity index (χ4n) is 1.89. The van der Waals surface area contributed by atoms with E-state index in [4.69, 9.17) is 11.6 Å². The van der Waals surface area contributed by atoms with Crippen molar-refractivity contribution in [2.75, 3.05) is 5.32 Å². The lowest BCUT2D eigenvalue weighted by molar-refractivity contribution is 0.515. The molecule has 0 saturated heterocycles. The molecule has 1 aromatic heterocycles. The van der Waals surface area contributed by atoms with Gasteiger partial charge in [-0.05, 0) is 44.4 Å². The van der Waals surface area contributed by atoms with Crippen molar-refractivity contribution in [3.05, 3.63) is 53.2 Å². The molecule has 0 aliphatic heterocycles. The summed E-state index contributed by atoms with van der Waals surface area (Å²) in [5.74, 6) is 0.752. The van der Waals surface area contributed by atoms with Crippen molar-refractivity contribution in [2.45, 2.75) is 32.2 Å². The number of aromatic nitrogens is 2. The second-order valence-corrected chi connectivity index (χ2v) is 5.62. The van der Waals surface area contributed by atoms with E-state index in [2.05, 4.69) is 53.6 Å². The summed E-state index contributed by atoms with van der Waals surface area (Å²) in [4.78, 5) is 0. The maximum Gasteiger partial charge on any atom is 0.151 e. The second kappa shape index (κ2) is 6.02. The van der Waals surface area contributed by atoms with Crippen LogP contribution in [0.5, 0.6) is 0 Å². The molecular weight excluding hydrogens is 258 g/mol. The van der Waals surface area contributed by atoms with Crippen LogP contribution in [0.1, 0.15) is 25.8 Å². The summed E-state index contributed by atoms with van der Waals surface area (Å²) >= 11 is 5.72. The molecule has 0 radical (unpaired) electrons. The molecule has 0 fully saturated rings. The van der Waals surface area contributed by atoms with Gasteiger partial charge in [0.1, 0.15) is 5.82 Å². The fourth-order valence-corrected chi connectivity index (χ4v) is 1.99. The van der Waals surface area contributed by atoms with Crippen LogP contribution in [0, 0.1) is 0 Å². The summed E-state index contributed by atoms with van der Waals surface area (Å²) < 4.78 is 0. The van der Waals surface area contributed by atoms with Crippen LogP contribution in [-0.2, 0) is 6.42 Å². The molecule has 100 valence electrons. The fraction of sp³-hybridized carbons (Fsp3) is 0.333. The summed E-state index contributed by atoms with van der Waals surface area (Å²) in [6.45, 7) is 4.32. The highest BCUT2D eigenvalue weighted by atomic mass is 35.5. The van der Waals surface area contributed by atoms with E-state index in [0.717, 1.165) is 18.7 Å². The molecule has 0 atom stereocenters. The van der Waals surface area contributed by atoms with Crippen LogP contribution in [0.2, 0.25) is 5.15 Å². The number of nitrogens with one attached hydrogen (secondary N) is 1. The summed E-state index contributed by atoms with van der Waals surface area (Å²) in [7, 11) is 0. The van der Waals surface area contributed by atoms with Crippen molar-refractivity contribution in [3.63, 3.8) is 0 Å². The number of aryl methyl sites for hydroxylation is 1. The Labute approximate surface area is 119 Å². The Balaban J connectivity index is 1.93. The second-order valence-electron chi connectivity index (χ2n) is 5.24. The van der Waals surface area contributed by atoms with Crippen LogP contribution in [0.25, 0.3) is 0 Å². The Morgan fingerprint density at radius 3 is 2.42 bits per heavy atom. The first-order chi connectivity index (χ1) is 9.05. The lowest BCUT2D eigenvalue weighted by atomic mass is 9.95. The number of benzene rings is 1. The first kappa shape index (κ1) is 13.8. The topological polar surface area (TPSA) is 37.8 Å². The quantitative estimate of drug-likeness (QED) is 0.898. The Morgan fingerprint density at radius 2 is 1.79 bits per heavy atom. The van der Waals surface area contributed by atoms with Gasteiger partial charge in [-0.1, -0.05) is 41.9 Å². The van der Waals surface area contributed by atoms with E-state index in [1.54, 1.807) is 6.07 Å². The molecule has 0 amide bonds. The summed E-state index contributed by atoms with van der Waals surface area (Å²) in [5.41, 5.74) is 1.30. The SMILES string of the molecule is CC(C)(CCc1ccccc1)Nc1ccc(Cl)nn1. The first-order valence-electron chi connectivity index (χ1n) is 6.36. The van der Waals surface area contributed by atoms with Gasteiger partial charge in [0.05, 0.1) is 0 Å². The third-order valence-electron chi connectivity index (χ3n) is 2.98. The number of hydrogen-bond donors (Lipinski definition) is 1. The predicted molar refractivity (Wildman–Crippen MR) is 79.5 cm³/mol. The van der Waals surface area contributed by atoms with Gasteiger partial charge in [0, 0.05) is 5.54 Å². The Hall–Kier alpha value is -1.61. The molecule has 0 bridgehead atoms. The minimum atomic E-state index is -0.0433. The lowest BCUT2D eigenvalue weighted by Crippen LogP contribution is -2.32. The van der Waals surface area contributed by atoms with Crippen molar-refractivity contribution in [1.82, 2.24) is 10.2 Å². The molecule has 4 heteroatoms. The van der Waals surface area contributed by atoms with Crippen molar-refractivity contribution < 1.29 is 0 Å². The van der Waals surface area contributed by atoms with E-state index < -0.39 is 0 Å². The van der Waals surface area contributed by atoms with E-state index in [1.165, 1.54) is 5.56 Å². The molecule has 19 heavy (non-hydrogen) atoms. The van der Waals surface area contributed by atoms with E-state index in [-0.39, 0.29) is 5.54 Å². The minimum Gasteiger partial charge on any atom is -0.364 e. The molecule has 0 saturated carbocycles. The molecule has 3 nitrogen and oxygen atoms in total. The van der Waals surface area contributed by atoms with Crippen LogP contribution < -0.4 is 5.32 Å². The maximum absolute atomic E-state index is 5.72. The highest BCUT2D eigenvalue weighted by Crippen LogP contribution is 2.19. The molecule has 0 unspecified atom stereocenters. The zero-order chi connectivity index (χ0) is 13.7. The van der Waals surface area contributed by atoms with E-state index in [9.17, 15) is 0 Å². The molecule has 1 aromatic carbocycles. The van der Waals surface area contributed by atoms with Gasteiger partial charge in [0.15, 0.2) is 5.15 Å². The lowest BCUT2D eigenvalue weighted by Gasteiger charge is -2.26. The van der Waals surface area contributed by atoms with Crippen molar-refractivity contribution >= 4 is 17.4 Å². The van der Waals surface area contributed by atoms with Gasteiger partial charge in [0.25, 0.3) is 0 Å². The minimum absolute atomic E-state index is 0.0433. The average molecular weight is 276 g/mol. The zero-order valence-corrected chi connectivity index (χ0v) is 12.0. The van der Waals surface area contributed by atoms with E-state index in [0.29, 0.717) is 5.15 Å². The van der Waals surface area contributed by atoms with Gasteiger partial charge in [0.2, 0.25) is 0 Å². The Kier molecular flexibility index (Phi) is 4.38. The smallest absolute Gasteiger partial charge is 0.151 e. The third kappa shape index (κ3) is 4.52. The van der Waals surface area contributed by atoms with Crippen LogP contribution in [0.4, 0.5) is 5.82 Å². The van der Waals surface area contributed by atoms with Gasteiger partial charge >= 0.3 is 0 Å². The summed E-state index contributed by atoms with van der Waals surface area (Å²) in [6, 6.07) is 14.1. The van der Waals surface area contributed by atoms with E-state index in [1.807, 2.05) is 12.1 Å². The largest absolute Gasteiger partial charge is 0.364 e. The number of hydrogen-bond acceptors (Lipinski definition) is 3. The molecule has 0 aliphatic carbocycles. The maximum atomic E-state index is 5.72. The summed E-state index contributed by atoms with van der Waals surface area (Å²) in [6.07, 6.45) is 2.04. The van der Waals surface area contributed by atoms with Gasteiger partial charge < -0.3 is 5.32 Å². The molecular formula is C15H18ClN3. The van der Waals surface area contributed by atoms with Crippen LogP contribution >= 0.6 is 11.6 Å². The van der Waals surface area contributed by atoms with Crippen molar-refractivity contribution in [3.8, 4) is 0 Å². The van der Waals surface area contributed by atoms with Gasteiger partial charge in [-0.25, -0.2) is 0 Å². The van der Waals surface area contributed by atoms with Crippen LogP contribution in [0.15, 0.2) is 42.5 Å². The number of anilines is 1. The molecule has 1 heterocycles. The number of nitrogens with zero attached hydrogens (tertiary/aromatic N) is 2. The summed E-state index contributed by atoms with van der Waals surface area (Å²) in [5, 5.41) is 11.7. The van der Waals surface area contributed by atoms with Gasteiger partial charge in [-0.15, -0.1) is 10.2 Å². The Bertz CT molecular complexity index is 509. The van der Waals surface area contributed by atoms with Gasteiger partial charge in [-0.2, -0.15) is 0 Å². The van der Waals surface area contributed by atoms with Gasteiger partial charge in [-0.3, -0.25) is 0 Å². The predicted octanol–water partition coefficient (Wildman–Crippen LogP) is 3.95. The number of rotatable bonds is 5. The molecule has 2 rings (SSSR count).